The SMILES string of the molecule is CC(C)(C)OC(=O)N[C@]1(C)CCCN(Cc2ccnc(C(=O)O)c2)C1. The van der Waals surface area contributed by atoms with Crippen molar-refractivity contribution < 1.29 is 19.4 Å². The standard InChI is InChI=1S/C18H27N3O4/c1-17(2,3)25-16(24)20-18(4)7-5-9-21(12-18)11-13-6-8-19-14(10-13)15(22)23/h6,8,10H,5,7,9,11-12H2,1-4H3,(H,20,24)(H,22,23)/t18-/m1/s1. The number of rotatable bonds is 4. The molecular formula is C18H27N3O4. The minimum Gasteiger partial charge on any atom is -0.477 e. The molecule has 2 rings (SSSR count). The molecule has 0 bridgehead atoms. The molecule has 1 amide bonds. The van der Waals surface area contributed by atoms with Crippen LogP contribution in [0.15, 0.2) is 18.3 Å². The van der Waals surface area contributed by atoms with Gasteiger partial charge in [0.1, 0.15) is 11.3 Å². The van der Waals surface area contributed by atoms with Gasteiger partial charge in [-0.3, -0.25) is 4.90 Å². The van der Waals surface area contributed by atoms with E-state index in [2.05, 4.69) is 15.2 Å². The van der Waals surface area contributed by atoms with E-state index in [1.807, 2.05) is 33.8 Å². The lowest BCUT2D eigenvalue weighted by Gasteiger charge is -2.41. The van der Waals surface area contributed by atoms with Crippen LogP contribution in [0.4, 0.5) is 4.79 Å². The van der Waals surface area contributed by atoms with Gasteiger partial charge in [-0.2, -0.15) is 0 Å². The average molecular weight is 349 g/mol. The Balaban J connectivity index is 1.99. The van der Waals surface area contributed by atoms with E-state index < -0.39 is 17.7 Å². The molecule has 2 heterocycles. The Morgan fingerprint density at radius 3 is 2.80 bits per heavy atom. The fourth-order valence-corrected chi connectivity index (χ4v) is 3.08. The van der Waals surface area contributed by atoms with Gasteiger partial charge in [-0.05, 0) is 64.8 Å². The number of carbonyl (C=O) groups excluding carboxylic acids is 1. The number of likely N-dealkylation sites (tertiary alicyclic amines) is 1. The van der Waals surface area contributed by atoms with Gasteiger partial charge >= 0.3 is 12.1 Å². The van der Waals surface area contributed by atoms with Crippen LogP contribution >= 0.6 is 0 Å². The monoisotopic (exact) mass is 349 g/mol. The second-order valence-corrected chi connectivity index (χ2v) is 7.86. The molecule has 7 heteroatoms. The number of amides is 1. The smallest absolute Gasteiger partial charge is 0.408 e. The number of pyridine rings is 1. The molecule has 7 nitrogen and oxygen atoms in total. The Hall–Kier alpha value is -2.15. The fraction of sp³-hybridized carbons (Fsp3) is 0.611. The van der Waals surface area contributed by atoms with Crippen molar-refractivity contribution in [2.45, 2.75) is 58.2 Å². The van der Waals surface area contributed by atoms with E-state index in [0.29, 0.717) is 13.1 Å². The van der Waals surface area contributed by atoms with Gasteiger partial charge < -0.3 is 15.2 Å². The predicted molar refractivity (Wildman–Crippen MR) is 93.5 cm³/mol. The number of hydrogen-bond donors (Lipinski definition) is 2. The van der Waals surface area contributed by atoms with Crippen LogP contribution in [0.2, 0.25) is 0 Å². The first-order chi connectivity index (χ1) is 11.6. The first-order valence-electron chi connectivity index (χ1n) is 8.48. The lowest BCUT2D eigenvalue weighted by molar-refractivity contribution is 0.0382. The molecule has 1 saturated heterocycles. The van der Waals surface area contributed by atoms with Gasteiger partial charge in [0, 0.05) is 19.3 Å². The third-order valence-electron chi connectivity index (χ3n) is 4.03. The summed E-state index contributed by atoms with van der Waals surface area (Å²) in [5, 5.41) is 12.0. The average Bonchev–Trinajstić information content (AvgIpc) is 2.44. The van der Waals surface area contributed by atoms with Crippen LogP contribution in [0.5, 0.6) is 0 Å². The highest BCUT2D eigenvalue weighted by molar-refractivity contribution is 5.85. The molecule has 138 valence electrons. The lowest BCUT2D eigenvalue weighted by atomic mass is 9.91. The first-order valence-corrected chi connectivity index (χ1v) is 8.48. The number of piperidine rings is 1. The lowest BCUT2D eigenvalue weighted by Crippen LogP contribution is -2.57. The molecule has 1 atom stereocenters. The third kappa shape index (κ3) is 6.01. The zero-order valence-corrected chi connectivity index (χ0v) is 15.3. The van der Waals surface area contributed by atoms with Crippen molar-refractivity contribution in [3.8, 4) is 0 Å². The summed E-state index contributed by atoms with van der Waals surface area (Å²) < 4.78 is 5.36. The number of carboxylic acid groups (broad SMARTS) is 1. The summed E-state index contributed by atoms with van der Waals surface area (Å²) in [7, 11) is 0. The number of nitrogens with one attached hydrogen (secondary N) is 1. The number of carboxylic acids is 1. The highest BCUT2D eigenvalue weighted by Crippen LogP contribution is 2.23. The van der Waals surface area contributed by atoms with E-state index in [1.165, 1.54) is 6.20 Å². The second-order valence-electron chi connectivity index (χ2n) is 7.86. The molecule has 1 aliphatic rings. The molecule has 1 fully saturated rings. The van der Waals surface area contributed by atoms with E-state index >= 15 is 0 Å². The Morgan fingerprint density at radius 1 is 1.44 bits per heavy atom. The molecule has 0 spiro atoms. The van der Waals surface area contributed by atoms with Crippen molar-refractivity contribution >= 4 is 12.1 Å². The summed E-state index contributed by atoms with van der Waals surface area (Å²) in [4.78, 5) is 29.2. The number of alkyl carbamates (subject to hydrolysis) is 1. The molecule has 25 heavy (non-hydrogen) atoms. The zero-order chi connectivity index (χ0) is 18.7. The van der Waals surface area contributed by atoms with Crippen LogP contribution < -0.4 is 5.32 Å². The molecule has 1 aliphatic heterocycles. The molecule has 2 N–H and O–H groups in total. The summed E-state index contributed by atoms with van der Waals surface area (Å²) in [6.07, 6.45) is 2.93. The van der Waals surface area contributed by atoms with Crippen LogP contribution in [0.3, 0.4) is 0 Å². The number of carbonyl (C=O) groups is 2. The maximum absolute atomic E-state index is 12.1. The number of ether oxygens (including phenoxy) is 1. The van der Waals surface area contributed by atoms with Gasteiger partial charge in [0.05, 0.1) is 5.54 Å². The van der Waals surface area contributed by atoms with Crippen LogP contribution in [0.25, 0.3) is 0 Å². The van der Waals surface area contributed by atoms with Gasteiger partial charge in [0.25, 0.3) is 0 Å². The normalized spacial score (nSPS) is 21.6. The summed E-state index contributed by atoms with van der Waals surface area (Å²) >= 11 is 0. The second kappa shape index (κ2) is 7.39. The van der Waals surface area contributed by atoms with E-state index in [-0.39, 0.29) is 11.2 Å². The van der Waals surface area contributed by atoms with Crippen molar-refractivity contribution in [2.24, 2.45) is 0 Å². The highest BCUT2D eigenvalue weighted by Gasteiger charge is 2.33. The number of hydrogen-bond acceptors (Lipinski definition) is 5. The van der Waals surface area contributed by atoms with Crippen molar-refractivity contribution in [3.63, 3.8) is 0 Å². The minimum atomic E-state index is -1.03. The summed E-state index contributed by atoms with van der Waals surface area (Å²) in [5.74, 6) is -1.03. The van der Waals surface area contributed by atoms with E-state index in [1.54, 1.807) is 6.07 Å². The van der Waals surface area contributed by atoms with Crippen molar-refractivity contribution in [2.75, 3.05) is 13.1 Å². The largest absolute Gasteiger partial charge is 0.477 e. The highest BCUT2D eigenvalue weighted by atomic mass is 16.6. The van der Waals surface area contributed by atoms with Gasteiger partial charge in [0.15, 0.2) is 0 Å². The topological polar surface area (TPSA) is 91.8 Å². The van der Waals surface area contributed by atoms with Crippen LogP contribution in [0, 0.1) is 0 Å². The minimum absolute atomic E-state index is 0.0455. The van der Waals surface area contributed by atoms with Gasteiger partial charge in [-0.15, -0.1) is 0 Å². The molecule has 1 aromatic heterocycles. The van der Waals surface area contributed by atoms with E-state index in [4.69, 9.17) is 9.84 Å². The summed E-state index contributed by atoms with van der Waals surface area (Å²) in [5.41, 5.74) is 0.0422. The molecule has 1 aromatic rings. The number of nitrogens with zero attached hydrogens (tertiary/aromatic N) is 2. The number of aromatic carboxylic acids is 1. The zero-order valence-electron chi connectivity index (χ0n) is 15.3. The Labute approximate surface area is 148 Å². The van der Waals surface area contributed by atoms with Crippen molar-refractivity contribution in [1.82, 2.24) is 15.2 Å². The van der Waals surface area contributed by atoms with Crippen molar-refractivity contribution in [1.29, 1.82) is 0 Å². The van der Waals surface area contributed by atoms with Gasteiger partial charge in [-0.1, -0.05) is 0 Å². The molecule has 0 aromatic carbocycles. The van der Waals surface area contributed by atoms with E-state index in [9.17, 15) is 9.59 Å². The van der Waals surface area contributed by atoms with Crippen LogP contribution in [-0.4, -0.2) is 51.3 Å². The molecule has 0 saturated carbocycles. The predicted octanol–water partition coefficient (Wildman–Crippen LogP) is 2.66. The third-order valence-corrected chi connectivity index (χ3v) is 4.03. The maximum atomic E-state index is 12.1. The summed E-state index contributed by atoms with van der Waals surface area (Å²) in [6, 6.07) is 3.41. The van der Waals surface area contributed by atoms with Crippen LogP contribution in [-0.2, 0) is 11.3 Å². The van der Waals surface area contributed by atoms with Gasteiger partial charge in [0.2, 0.25) is 0 Å². The molecule has 0 unspecified atom stereocenters. The number of aromatic nitrogens is 1. The van der Waals surface area contributed by atoms with Gasteiger partial charge in [-0.25, -0.2) is 14.6 Å². The van der Waals surface area contributed by atoms with Crippen LogP contribution in [0.1, 0.15) is 56.6 Å². The summed E-state index contributed by atoms with van der Waals surface area (Å²) in [6.45, 7) is 9.72. The quantitative estimate of drug-likeness (QED) is 0.868. The molecular weight excluding hydrogens is 322 g/mol. The fourth-order valence-electron chi connectivity index (χ4n) is 3.08. The Morgan fingerprint density at radius 2 is 2.16 bits per heavy atom. The Bertz CT molecular complexity index is 641. The molecule has 0 radical (unpaired) electrons. The maximum Gasteiger partial charge on any atom is 0.408 e. The first kappa shape index (κ1) is 19.2. The van der Waals surface area contributed by atoms with Crippen molar-refractivity contribution in [3.05, 3.63) is 29.6 Å². The Kier molecular flexibility index (Phi) is 5.67. The molecule has 0 aliphatic carbocycles. The van der Waals surface area contributed by atoms with E-state index in [0.717, 1.165) is 24.9 Å².